The van der Waals surface area contributed by atoms with Crippen LogP contribution in [0, 0.1) is 6.92 Å². The highest BCUT2D eigenvalue weighted by Crippen LogP contribution is 2.24. The first kappa shape index (κ1) is 14.1. The highest BCUT2D eigenvalue weighted by molar-refractivity contribution is 9.10. The molecule has 0 saturated carbocycles. The molecule has 0 bridgehead atoms. The molecule has 1 N–H and O–H groups in total. The van der Waals surface area contributed by atoms with E-state index < -0.39 is 5.97 Å². The number of likely N-dealkylation sites (tertiary alicyclic amines) is 1. The summed E-state index contributed by atoms with van der Waals surface area (Å²) in [5, 5.41) is 8.89. The van der Waals surface area contributed by atoms with Crippen LogP contribution in [-0.2, 0) is 4.79 Å². The van der Waals surface area contributed by atoms with Crippen molar-refractivity contribution in [1.29, 1.82) is 0 Å². The molecular weight excluding hydrogens is 310 g/mol. The van der Waals surface area contributed by atoms with Gasteiger partial charge in [-0.25, -0.2) is 0 Å². The van der Waals surface area contributed by atoms with Crippen LogP contribution >= 0.6 is 15.9 Å². The molecule has 4 nitrogen and oxygen atoms in total. The van der Waals surface area contributed by atoms with Gasteiger partial charge < -0.3 is 10.0 Å². The Balaban J connectivity index is 2.20. The van der Waals surface area contributed by atoms with Gasteiger partial charge in [0.2, 0.25) is 0 Å². The molecule has 1 aromatic carbocycles. The second-order valence-electron chi connectivity index (χ2n) is 4.85. The standard InChI is InChI=1S/C14H16BrNO3/c1-9-7-10(15)4-5-12(9)14(19)16-6-2-3-11(16)8-13(17)18/h4-5,7,11H,2-3,6,8H2,1H3,(H,17,18). The Morgan fingerprint density at radius 3 is 2.84 bits per heavy atom. The Morgan fingerprint density at radius 1 is 1.47 bits per heavy atom. The van der Waals surface area contributed by atoms with Gasteiger partial charge in [0, 0.05) is 22.6 Å². The highest BCUT2D eigenvalue weighted by Gasteiger charge is 2.31. The summed E-state index contributed by atoms with van der Waals surface area (Å²) in [5.41, 5.74) is 1.56. The number of benzene rings is 1. The Hall–Kier alpha value is -1.36. The summed E-state index contributed by atoms with van der Waals surface area (Å²) in [6.45, 7) is 2.53. The molecule has 0 aliphatic carbocycles. The van der Waals surface area contributed by atoms with Crippen LogP contribution < -0.4 is 0 Å². The molecule has 0 radical (unpaired) electrons. The zero-order valence-electron chi connectivity index (χ0n) is 10.7. The fraction of sp³-hybridized carbons (Fsp3) is 0.429. The predicted octanol–water partition coefficient (Wildman–Crippen LogP) is 2.84. The summed E-state index contributed by atoms with van der Waals surface area (Å²) in [5.74, 6) is -0.911. The molecule has 1 aliphatic heterocycles. The summed E-state index contributed by atoms with van der Waals surface area (Å²) in [4.78, 5) is 25.0. The number of carboxylic acid groups (broad SMARTS) is 1. The zero-order chi connectivity index (χ0) is 14.0. The van der Waals surface area contributed by atoms with Crippen LogP contribution in [0.15, 0.2) is 22.7 Å². The smallest absolute Gasteiger partial charge is 0.305 e. The van der Waals surface area contributed by atoms with Crippen LogP contribution in [-0.4, -0.2) is 34.5 Å². The number of carbonyl (C=O) groups excluding carboxylic acids is 1. The molecular formula is C14H16BrNO3. The second kappa shape index (κ2) is 5.74. The van der Waals surface area contributed by atoms with Crippen molar-refractivity contribution in [2.75, 3.05) is 6.54 Å². The number of halogens is 1. The van der Waals surface area contributed by atoms with Crippen LogP contribution in [0.25, 0.3) is 0 Å². The number of hydrogen-bond acceptors (Lipinski definition) is 2. The van der Waals surface area contributed by atoms with Gasteiger partial charge >= 0.3 is 5.97 Å². The van der Waals surface area contributed by atoms with E-state index in [1.54, 1.807) is 11.0 Å². The minimum Gasteiger partial charge on any atom is -0.481 e. The van der Waals surface area contributed by atoms with E-state index in [9.17, 15) is 9.59 Å². The SMILES string of the molecule is Cc1cc(Br)ccc1C(=O)N1CCCC1CC(=O)O. The van der Waals surface area contributed by atoms with Gasteiger partial charge in [0.25, 0.3) is 5.91 Å². The number of carboxylic acids is 1. The summed E-state index contributed by atoms with van der Waals surface area (Å²) < 4.78 is 0.935. The van der Waals surface area contributed by atoms with E-state index in [-0.39, 0.29) is 18.4 Å². The van der Waals surface area contributed by atoms with Crippen molar-refractivity contribution in [2.45, 2.75) is 32.2 Å². The molecule has 19 heavy (non-hydrogen) atoms. The maximum absolute atomic E-state index is 12.5. The number of carbonyl (C=O) groups is 2. The number of nitrogens with zero attached hydrogens (tertiary/aromatic N) is 1. The molecule has 0 aromatic heterocycles. The lowest BCUT2D eigenvalue weighted by Crippen LogP contribution is -2.37. The van der Waals surface area contributed by atoms with Gasteiger partial charge in [-0.2, -0.15) is 0 Å². The van der Waals surface area contributed by atoms with Crippen molar-refractivity contribution in [3.8, 4) is 0 Å². The van der Waals surface area contributed by atoms with Crippen molar-refractivity contribution < 1.29 is 14.7 Å². The summed E-state index contributed by atoms with van der Waals surface area (Å²) in [6, 6.07) is 5.35. The van der Waals surface area contributed by atoms with Gasteiger partial charge in [-0.05, 0) is 43.5 Å². The first-order valence-electron chi connectivity index (χ1n) is 6.28. The van der Waals surface area contributed by atoms with Crippen molar-refractivity contribution >= 4 is 27.8 Å². The Kier molecular flexibility index (Phi) is 4.24. The first-order chi connectivity index (χ1) is 8.99. The molecule has 102 valence electrons. The number of aryl methyl sites for hydroxylation is 1. The Morgan fingerprint density at radius 2 is 2.21 bits per heavy atom. The molecule has 1 amide bonds. The van der Waals surface area contributed by atoms with E-state index in [1.807, 2.05) is 19.1 Å². The first-order valence-corrected chi connectivity index (χ1v) is 7.07. The van der Waals surface area contributed by atoms with E-state index in [1.165, 1.54) is 0 Å². The van der Waals surface area contributed by atoms with Gasteiger partial charge in [-0.1, -0.05) is 15.9 Å². The van der Waals surface area contributed by atoms with E-state index in [2.05, 4.69) is 15.9 Å². The van der Waals surface area contributed by atoms with E-state index in [4.69, 9.17) is 5.11 Å². The third-order valence-corrected chi connectivity index (χ3v) is 3.96. The van der Waals surface area contributed by atoms with Crippen LogP contribution in [0.4, 0.5) is 0 Å². The monoisotopic (exact) mass is 325 g/mol. The Labute approximate surface area is 120 Å². The van der Waals surface area contributed by atoms with Gasteiger partial charge in [0.15, 0.2) is 0 Å². The quantitative estimate of drug-likeness (QED) is 0.929. The molecule has 5 heteroatoms. The van der Waals surface area contributed by atoms with Gasteiger partial charge in [0.1, 0.15) is 0 Å². The summed E-state index contributed by atoms with van der Waals surface area (Å²) in [6.07, 6.45) is 1.67. The topological polar surface area (TPSA) is 57.6 Å². The Bertz CT molecular complexity index is 515. The van der Waals surface area contributed by atoms with E-state index in [0.29, 0.717) is 12.1 Å². The van der Waals surface area contributed by atoms with Gasteiger partial charge in [-0.15, -0.1) is 0 Å². The lowest BCUT2D eigenvalue weighted by molar-refractivity contribution is -0.137. The lowest BCUT2D eigenvalue weighted by Gasteiger charge is -2.24. The van der Waals surface area contributed by atoms with Gasteiger partial charge in [0.05, 0.1) is 6.42 Å². The molecule has 1 unspecified atom stereocenters. The van der Waals surface area contributed by atoms with Crippen molar-refractivity contribution in [1.82, 2.24) is 4.90 Å². The molecule has 1 aromatic rings. The molecule has 0 spiro atoms. The number of hydrogen-bond donors (Lipinski definition) is 1. The fourth-order valence-electron chi connectivity index (χ4n) is 2.54. The average molecular weight is 326 g/mol. The van der Waals surface area contributed by atoms with Crippen LogP contribution in [0.5, 0.6) is 0 Å². The van der Waals surface area contributed by atoms with Crippen molar-refractivity contribution in [2.24, 2.45) is 0 Å². The lowest BCUT2D eigenvalue weighted by atomic mass is 10.1. The summed E-state index contributed by atoms with van der Waals surface area (Å²) >= 11 is 3.37. The number of rotatable bonds is 3. The normalized spacial score (nSPS) is 18.6. The largest absolute Gasteiger partial charge is 0.481 e. The van der Waals surface area contributed by atoms with Crippen molar-refractivity contribution in [3.05, 3.63) is 33.8 Å². The molecule has 1 aliphatic rings. The minimum atomic E-state index is -0.850. The average Bonchev–Trinajstić information content (AvgIpc) is 2.75. The maximum atomic E-state index is 12.5. The van der Waals surface area contributed by atoms with E-state index >= 15 is 0 Å². The fourth-order valence-corrected chi connectivity index (χ4v) is 3.01. The number of amides is 1. The second-order valence-corrected chi connectivity index (χ2v) is 5.77. The molecule has 1 atom stereocenters. The van der Waals surface area contributed by atoms with Crippen LogP contribution in [0.2, 0.25) is 0 Å². The summed E-state index contributed by atoms with van der Waals surface area (Å²) in [7, 11) is 0. The van der Waals surface area contributed by atoms with Crippen molar-refractivity contribution in [3.63, 3.8) is 0 Å². The molecule has 1 saturated heterocycles. The maximum Gasteiger partial charge on any atom is 0.305 e. The molecule has 1 heterocycles. The zero-order valence-corrected chi connectivity index (χ0v) is 12.3. The third kappa shape index (κ3) is 3.15. The van der Waals surface area contributed by atoms with Gasteiger partial charge in [-0.3, -0.25) is 9.59 Å². The predicted molar refractivity (Wildman–Crippen MR) is 75.2 cm³/mol. The number of aliphatic carboxylic acids is 1. The van der Waals surface area contributed by atoms with E-state index in [0.717, 1.165) is 22.9 Å². The molecule has 1 fully saturated rings. The molecule has 2 rings (SSSR count). The van der Waals surface area contributed by atoms with Crippen LogP contribution in [0.3, 0.4) is 0 Å². The van der Waals surface area contributed by atoms with Crippen LogP contribution in [0.1, 0.15) is 35.2 Å². The minimum absolute atomic E-state index is 0.0291. The third-order valence-electron chi connectivity index (χ3n) is 3.47. The highest BCUT2D eigenvalue weighted by atomic mass is 79.9.